The lowest BCUT2D eigenvalue weighted by Crippen LogP contribution is -2.46. The molecule has 7 nitrogen and oxygen atoms in total. The van der Waals surface area contributed by atoms with Crippen LogP contribution in [0.4, 0.5) is 10.2 Å². The molecule has 1 amide bonds. The first-order valence-corrected chi connectivity index (χ1v) is 11.1. The van der Waals surface area contributed by atoms with Crippen molar-refractivity contribution >= 4 is 11.7 Å². The lowest BCUT2D eigenvalue weighted by molar-refractivity contribution is -0.139. The summed E-state index contributed by atoms with van der Waals surface area (Å²) in [5, 5.41) is 18.1. The highest BCUT2D eigenvalue weighted by Gasteiger charge is 2.46. The van der Waals surface area contributed by atoms with Gasteiger partial charge in [0.25, 0.3) is 0 Å². The fourth-order valence-electron chi connectivity index (χ4n) is 3.96. The number of halogens is 1. The fourth-order valence-corrected chi connectivity index (χ4v) is 3.96. The summed E-state index contributed by atoms with van der Waals surface area (Å²) in [7, 11) is 0. The highest BCUT2D eigenvalue weighted by Crippen LogP contribution is 2.49. The molecule has 1 aromatic heterocycles. The van der Waals surface area contributed by atoms with Crippen molar-refractivity contribution in [3.63, 3.8) is 0 Å². The first-order chi connectivity index (χ1) is 15.9. The van der Waals surface area contributed by atoms with Crippen molar-refractivity contribution in [1.82, 2.24) is 9.88 Å². The van der Waals surface area contributed by atoms with E-state index in [1.165, 1.54) is 12.1 Å². The Balaban J connectivity index is 1.62. The highest BCUT2D eigenvalue weighted by molar-refractivity contribution is 5.77. The van der Waals surface area contributed by atoms with Crippen molar-refractivity contribution in [2.24, 2.45) is 0 Å². The molecule has 1 atom stereocenters. The third kappa shape index (κ3) is 5.47. The smallest absolute Gasteiger partial charge is 0.248 e. The zero-order valence-electron chi connectivity index (χ0n) is 19.2. The number of pyridine rings is 1. The van der Waals surface area contributed by atoms with Gasteiger partial charge < -0.3 is 14.5 Å². The average molecular weight is 450 g/mol. The Kier molecular flexibility index (Phi) is 7.63. The van der Waals surface area contributed by atoms with Crippen molar-refractivity contribution in [2.45, 2.75) is 45.3 Å². The summed E-state index contributed by atoms with van der Waals surface area (Å²) in [6.07, 6.45) is 3.00. The van der Waals surface area contributed by atoms with Crippen LogP contribution < -0.4 is 4.90 Å². The fraction of sp³-hybridized carbons (Fsp3) is 0.440. The molecule has 0 saturated heterocycles. The molecule has 2 aromatic rings. The third-order valence-electron chi connectivity index (χ3n) is 6.05. The number of amides is 1. The second kappa shape index (κ2) is 10.4. The molecule has 172 valence electrons. The maximum absolute atomic E-state index is 13.7. The second-order valence-corrected chi connectivity index (χ2v) is 8.17. The number of benzene rings is 1. The van der Waals surface area contributed by atoms with Crippen molar-refractivity contribution in [1.29, 1.82) is 10.5 Å². The van der Waals surface area contributed by atoms with Crippen LogP contribution in [0.25, 0.3) is 0 Å². The van der Waals surface area contributed by atoms with E-state index in [1.807, 2.05) is 32.9 Å². The van der Waals surface area contributed by atoms with Crippen LogP contribution in [0.2, 0.25) is 0 Å². The third-order valence-corrected chi connectivity index (χ3v) is 6.05. The number of ether oxygens (including phenoxy) is 1. The first kappa shape index (κ1) is 24.2. The van der Waals surface area contributed by atoms with Crippen LogP contribution in [-0.2, 0) is 15.1 Å². The summed E-state index contributed by atoms with van der Waals surface area (Å²) in [5.74, 6) is 0.0730. The van der Waals surface area contributed by atoms with E-state index in [2.05, 4.69) is 16.0 Å². The van der Waals surface area contributed by atoms with Crippen molar-refractivity contribution in [3.05, 3.63) is 59.0 Å². The molecule has 0 spiro atoms. The molecule has 1 heterocycles. The number of carbonyl (C=O) groups is 1. The molecule has 1 fully saturated rings. The number of nitrogens with zero attached hydrogens (tertiary/aromatic N) is 5. The van der Waals surface area contributed by atoms with Crippen molar-refractivity contribution < 1.29 is 13.9 Å². The molecule has 1 unspecified atom stereocenters. The SMILES string of the molecule is CCN(CC(C)N(CC)c1ccc(C#N)cn1)C(=O)COC1(c2ccc(F)c(C#N)c2)CC1. The predicted molar refractivity (Wildman–Crippen MR) is 122 cm³/mol. The average Bonchev–Trinajstić information content (AvgIpc) is 3.63. The van der Waals surface area contributed by atoms with Gasteiger partial charge in [-0.3, -0.25) is 4.79 Å². The van der Waals surface area contributed by atoms with Gasteiger partial charge in [0.1, 0.15) is 30.4 Å². The van der Waals surface area contributed by atoms with Gasteiger partial charge in [0.15, 0.2) is 0 Å². The van der Waals surface area contributed by atoms with Crippen LogP contribution in [0.1, 0.15) is 50.3 Å². The number of nitriles is 2. The van der Waals surface area contributed by atoms with Crippen molar-refractivity contribution in [2.75, 3.05) is 31.1 Å². The molecule has 1 aliphatic carbocycles. The Morgan fingerprint density at radius 3 is 2.52 bits per heavy atom. The topological polar surface area (TPSA) is 93.2 Å². The molecule has 0 bridgehead atoms. The zero-order valence-corrected chi connectivity index (χ0v) is 19.2. The van der Waals surface area contributed by atoms with Crippen LogP contribution in [-0.4, -0.2) is 48.1 Å². The molecule has 8 heteroatoms. The highest BCUT2D eigenvalue weighted by atomic mass is 19.1. The van der Waals surface area contributed by atoms with Crippen LogP contribution >= 0.6 is 0 Å². The van der Waals surface area contributed by atoms with E-state index in [9.17, 15) is 9.18 Å². The molecule has 33 heavy (non-hydrogen) atoms. The molecule has 1 aliphatic rings. The largest absolute Gasteiger partial charge is 0.360 e. The molecule has 1 aromatic carbocycles. The maximum atomic E-state index is 13.7. The number of rotatable bonds is 10. The number of carbonyl (C=O) groups excluding carboxylic acids is 1. The summed E-state index contributed by atoms with van der Waals surface area (Å²) < 4.78 is 19.7. The Labute approximate surface area is 194 Å². The van der Waals surface area contributed by atoms with Gasteiger partial charge in [0.2, 0.25) is 5.91 Å². The maximum Gasteiger partial charge on any atom is 0.248 e. The van der Waals surface area contributed by atoms with Gasteiger partial charge in [-0.05, 0) is 63.4 Å². The van der Waals surface area contributed by atoms with Gasteiger partial charge >= 0.3 is 0 Å². The van der Waals surface area contributed by atoms with Gasteiger partial charge in [-0.25, -0.2) is 9.37 Å². The predicted octanol–water partition coefficient (Wildman–Crippen LogP) is 3.73. The van der Waals surface area contributed by atoms with Crippen LogP contribution in [0.5, 0.6) is 0 Å². The Bertz CT molecular complexity index is 1070. The summed E-state index contributed by atoms with van der Waals surface area (Å²) in [4.78, 5) is 21.2. The Morgan fingerprint density at radius 1 is 1.21 bits per heavy atom. The van der Waals surface area contributed by atoms with E-state index in [4.69, 9.17) is 15.3 Å². The zero-order chi connectivity index (χ0) is 24.0. The molecule has 0 N–H and O–H groups in total. The van der Waals surface area contributed by atoms with Crippen LogP contribution in [0.15, 0.2) is 36.5 Å². The van der Waals surface area contributed by atoms with Gasteiger partial charge in [-0.2, -0.15) is 10.5 Å². The van der Waals surface area contributed by atoms with Crippen LogP contribution in [0.3, 0.4) is 0 Å². The van der Waals surface area contributed by atoms with E-state index in [1.54, 1.807) is 23.2 Å². The van der Waals surface area contributed by atoms with Gasteiger partial charge in [-0.15, -0.1) is 0 Å². The van der Waals surface area contributed by atoms with E-state index in [-0.39, 0.29) is 24.1 Å². The molecular weight excluding hydrogens is 421 g/mol. The minimum absolute atomic E-state index is 0.00417. The summed E-state index contributed by atoms with van der Waals surface area (Å²) in [6, 6.07) is 11.9. The second-order valence-electron chi connectivity index (χ2n) is 8.17. The van der Waals surface area contributed by atoms with E-state index >= 15 is 0 Å². The monoisotopic (exact) mass is 449 g/mol. The number of hydrogen-bond acceptors (Lipinski definition) is 6. The number of likely N-dealkylation sites (N-methyl/N-ethyl adjacent to an activating group) is 2. The standard InChI is InChI=1S/C25H28FN5O2/c1-4-30(16-18(3)31(5-2)23-9-6-19(13-27)15-29-23)24(32)17-33-25(10-11-25)21-7-8-22(26)20(12-21)14-28/h6-9,12,15,18H,4-5,10-11,16-17H2,1-3H3. The number of anilines is 1. The van der Waals surface area contributed by atoms with Crippen molar-refractivity contribution in [3.8, 4) is 12.1 Å². The molecule has 0 radical (unpaired) electrons. The summed E-state index contributed by atoms with van der Waals surface area (Å²) >= 11 is 0. The Morgan fingerprint density at radius 2 is 1.97 bits per heavy atom. The minimum atomic E-state index is -0.623. The van der Waals surface area contributed by atoms with Gasteiger partial charge in [0, 0.05) is 31.9 Å². The molecule has 3 rings (SSSR count). The molecular formula is C25H28FN5O2. The number of hydrogen-bond donors (Lipinski definition) is 0. The van der Waals surface area contributed by atoms with E-state index < -0.39 is 11.4 Å². The van der Waals surface area contributed by atoms with Crippen LogP contribution in [0, 0.1) is 28.5 Å². The quantitative estimate of drug-likeness (QED) is 0.549. The molecule has 0 aliphatic heterocycles. The number of aromatic nitrogens is 1. The first-order valence-electron chi connectivity index (χ1n) is 11.1. The van der Waals surface area contributed by atoms with E-state index in [0.29, 0.717) is 25.2 Å². The Hall–Kier alpha value is -3.49. The minimum Gasteiger partial charge on any atom is -0.360 e. The van der Waals surface area contributed by atoms with Gasteiger partial charge in [-0.1, -0.05) is 6.07 Å². The summed E-state index contributed by atoms with van der Waals surface area (Å²) in [5.41, 5.74) is 0.589. The lowest BCUT2D eigenvalue weighted by atomic mass is 10.0. The molecule has 1 saturated carbocycles. The lowest BCUT2D eigenvalue weighted by Gasteiger charge is -2.33. The normalized spacial score (nSPS) is 14.6. The summed E-state index contributed by atoms with van der Waals surface area (Å²) in [6.45, 7) is 7.63. The van der Waals surface area contributed by atoms with Gasteiger partial charge in [0.05, 0.1) is 16.7 Å². The van der Waals surface area contributed by atoms with E-state index in [0.717, 1.165) is 24.2 Å².